The largest absolute Gasteiger partial charge is 0.481 e. The number of hydrogen-bond donors (Lipinski definition) is 1. The van der Waals surface area contributed by atoms with Gasteiger partial charge >= 0.3 is 11.6 Å². The number of aliphatic carboxylic acids is 1. The minimum Gasteiger partial charge on any atom is -0.481 e. The van der Waals surface area contributed by atoms with E-state index < -0.39 is 5.97 Å². The Kier molecular flexibility index (Phi) is 3.67. The van der Waals surface area contributed by atoms with Crippen LogP contribution in [0.3, 0.4) is 0 Å². The third-order valence-electron chi connectivity index (χ3n) is 4.11. The SMILES string of the molecule is CCc1c(C)c2cc3nc(CCC(=O)O)oc3c(C)c2oc1=O. The highest BCUT2D eigenvalue weighted by Gasteiger charge is 2.17. The Morgan fingerprint density at radius 2 is 1.96 bits per heavy atom. The van der Waals surface area contributed by atoms with E-state index in [9.17, 15) is 9.59 Å². The number of aromatic nitrogens is 1. The standard InChI is InChI=1S/C17H17NO5/c1-4-10-8(2)11-7-12-16(9(3)15(11)23-17(10)21)22-13(18-12)5-6-14(19)20/h7H,4-6H2,1-3H3,(H,19,20). The Hall–Kier alpha value is -2.63. The summed E-state index contributed by atoms with van der Waals surface area (Å²) in [5.74, 6) is -0.528. The van der Waals surface area contributed by atoms with Crippen molar-refractivity contribution in [1.29, 1.82) is 0 Å². The molecule has 0 amide bonds. The Bertz CT molecular complexity index is 980. The predicted molar refractivity (Wildman–Crippen MR) is 84.9 cm³/mol. The monoisotopic (exact) mass is 315 g/mol. The molecule has 120 valence electrons. The number of benzene rings is 1. The molecule has 0 fully saturated rings. The van der Waals surface area contributed by atoms with Crippen molar-refractivity contribution in [2.75, 3.05) is 0 Å². The number of aryl methyl sites for hydroxylation is 3. The molecule has 0 spiro atoms. The van der Waals surface area contributed by atoms with Gasteiger partial charge in [0.2, 0.25) is 0 Å². The number of hydrogen-bond acceptors (Lipinski definition) is 5. The van der Waals surface area contributed by atoms with Gasteiger partial charge in [-0.3, -0.25) is 4.79 Å². The van der Waals surface area contributed by atoms with E-state index in [1.54, 1.807) is 0 Å². The van der Waals surface area contributed by atoms with Crippen LogP contribution >= 0.6 is 0 Å². The molecule has 0 unspecified atom stereocenters. The van der Waals surface area contributed by atoms with E-state index in [2.05, 4.69) is 4.98 Å². The van der Waals surface area contributed by atoms with E-state index >= 15 is 0 Å². The van der Waals surface area contributed by atoms with Gasteiger partial charge in [-0.1, -0.05) is 6.92 Å². The Morgan fingerprint density at radius 1 is 1.22 bits per heavy atom. The van der Waals surface area contributed by atoms with Gasteiger partial charge < -0.3 is 13.9 Å². The van der Waals surface area contributed by atoms with Crippen LogP contribution in [0.4, 0.5) is 0 Å². The van der Waals surface area contributed by atoms with Crippen LogP contribution in [0.15, 0.2) is 19.7 Å². The van der Waals surface area contributed by atoms with E-state index in [1.165, 1.54) is 0 Å². The fraction of sp³-hybridized carbons (Fsp3) is 0.353. The molecule has 1 aromatic carbocycles. The lowest BCUT2D eigenvalue weighted by Crippen LogP contribution is -2.09. The molecule has 0 aliphatic carbocycles. The van der Waals surface area contributed by atoms with Gasteiger partial charge in [0.15, 0.2) is 11.5 Å². The average Bonchev–Trinajstić information content (AvgIpc) is 2.91. The van der Waals surface area contributed by atoms with Crippen LogP contribution in [0.25, 0.3) is 22.1 Å². The fourth-order valence-corrected chi connectivity index (χ4v) is 2.86. The average molecular weight is 315 g/mol. The van der Waals surface area contributed by atoms with Crippen molar-refractivity contribution in [2.24, 2.45) is 0 Å². The van der Waals surface area contributed by atoms with Gasteiger partial charge in [-0.2, -0.15) is 0 Å². The highest BCUT2D eigenvalue weighted by atomic mass is 16.4. The molecule has 23 heavy (non-hydrogen) atoms. The summed E-state index contributed by atoms with van der Waals surface area (Å²) in [6, 6.07) is 1.84. The lowest BCUT2D eigenvalue weighted by molar-refractivity contribution is -0.137. The molecular weight excluding hydrogens is 298 g/mol. The van der Waals surface area contributed by atoms with Gasteiger partial charge in [0.25, 0.3) is 0 Å². The molecule has 6 heteroatoms. The quantitative estimate of drug-likeness (QED) is 0.743. The molecule has 2 heterocycles. The first-order valence-corrected chi connectivity index (χ1v) is 7.49. The van der Waals surface area contributed by atoms with Gasteiger partial charge in [0.1, 0.15) is 11.1 Å². The summed E-state index contributed by atoms with van der Waals surface area (Å²) in [6.45, 7) is 5.62. The normalized spacial score (nSPS) is 11.4. The first-order valence-electron chi connectivity index (χ1n) is 7.49. The van der Waals surface area contributed by atoms with Crippen molar-refractivity contribution in [1.82, 2.24) is 4.98 Å². The summed E-state index contributed by atoms with van der Waals surface area (Å²) in [5.41, 5.74) is 3.60. The lowest BCUT2D eigenvalue weighted by atomic mass is 10.0. The molecular formula is C17H17NO5. The number of carboxylic acid groups (broad SMARTS) is 1. The van der Waals surface area contributed by atoms with Crippen LogP contribution in [0, 0.1) is 13.8 Å². The Balaban J connectivity index is 2.26. The van der Waals surface area contributed by atoms with Crippen LogP contribution in [0.2, 0.25) is 0 Å². The zero-order chi connectivity index (χ0) is 16.7. The molecule has 2 aromatic heterocycles. The van der Waals surface area contributed by atoms with Gasteiger partial charge in [0.05, 0.1) is 6.42 Å². The second-order valence-electron chi connectivity index (χ2n) is 5.57. The number of rotatable bonds is 4. The summed E-state index contributed by atoms with van der Waals surface area (Å²) in [7, 11) is 0. The highest BCUT2D eigenvalue weighted by molar-refractivity contribution is 5.96. The van der Waals surface area contributed by atoms with E-state index in [4.69, 9.17) is 13.9 Å². The van der Waals surface area contributed by atoms with Crippen molar-refractivity contribution >= 4 is 28.0 Å². The molecule has 3 aromatic rings. The van der Waals surface area contributed by atoms with Gasteiger partial charge in [0, 0.05) is 22.9 Å². The zero-order valence-corrected chi connectivity index (χ0v) is 13.2. The maximum Gasteiger partial charge on any atom is 0.339 e. The molecule has 0 saturated heterocycles. The lowest BCUT2D eigenvalue weighted by Gasteiger charge is -2.07. The smallest absolute Gasteiger partial charge is 0.339 e. The van der Waals surface area contributed by atoms with Crippen LogP contribution < -0.4 is 5.63 Å². The van der Waals surface area contributed by atoms with Gasteiger partial charge in [-0.05, 0) is 31.9 Å². The fourth-order valence-electron chi connectivity index (χ4n) is 2.86. The molecule has 0 aliphatic heterocycles. The van der Waals surface area contributed by atoms with Crippen LogP contribution in [0.1, 0.15) is 35.9 Å². The molecule has 1 N–H and O–H groups in total. The molecule has 3 rings (SSSR count). The van der Waals surface area contributed by atoms with Crippen molar-refractivity contribution < 1.29 is 18.7 Å². The summed E-state index contributed by atoms with van der Waals surface area (Å²) in [4.78, 5) is 27.1. The highest BCUT2D eigenvalue weighted by Crippen LogP contribution is 2.30. The third kappa shape index (κ3) is 2.50. The number of carbonyl (C=O) groups is 1. The van der Waals surface area contributed by atoms with Crippen molar-refractivity contribution in [3.05, 3.63) is 39.1 Å². The van der Waals surface area contributed by atoms with E-state index in [-0.39, 0.29) is 18.5 Å². The van der Waals surface area contributed by atoms with Crippen LogP contribution in [-0.4, -0.2) is 16.1 Å². The predicted octanol–water partition coefficient (Wildman–Crippen LogP) is 3.13. The topological polar surface area (TPSA) is 93.5 Å². The van der Waals surface area contributed by atoms with E-state index in [0.29, 0.717) is 40.1 Å². The van der Waals surface area contributed by atoms with Crippen LogP contribution in [-0.2, 0) is 17.6 Å². The van der Waals surface area contributed by atoms with E-state index in [0.717, 1.165) is 10.9 Å². The maximum absolute atomic E-state index is 12.1. The van der Waals surface area contributed by atoms with E-state index in [1.807, 2.05) is 26.8 Å². The summed E-state index contributed by atoms with van der Waals surface area (Å²) in [5, 5.41) is 9.60. The number of fused-ring (bicyclic) bond motifs is 2. The van der Waals surface area contributed by atoms with Gasteiger partial charge in [-0.15, -0.1) is 0 Å². The molecule has 0 bridgehead atoms. The maximum atomic E-state index is 12.1. The second-order valence-corrected chi connectivity index (χ2v) is 5.57. The first kappa shape index (κ1) is 15.3. The van der Waals surface area contributed by atoms with Gasteiger partial charge in [-0.25, -0.2) is 9.78 Å². The summed E-state index contributed by atoms with van der Waals surface area (Å²) in [6.07, 6.45) is 0.784. The van der Waals surface area contributed by atoms with Crippen molar-refractivity contribution in [2.45, 2.75) is 40.0 Å². The minimum atomic E-state index is -0.899. The number of oxazole rings is 1. The molecule has 0 radical (unpaired) electrons. The molecule has 0 aliphatic rings. The summed E-state index contributed by atoms with van der Waals surface area (Å²) < 4.78 is 11.1. The molecule has 0 saturated carbocycles. The zero-order valence-electron chi connectivity index (χ0n) is 13.2. The molecule has 0 atom stereocenters. The minimum absolute atomic E-state index is 0.0422. The van der Waals surface area contributed by atoms with Crippen molar-refractivity contribution in [3.8, 4) is 0 Å². The first-order chi connectivity index (χ1) is 10.9. The molecule has 6 nitrogen and oxygen atoms in total. The second kappa shape index (κ2) is 5.53. The summed E-state index contributed by atoms with van der Waals surface area (Å²) >= 11 is 0. The Morgan fingerprint density at radius 3 is 2.61 bits per heavy atom. The number of carboxylic acids is 1. The van der Waals surface area contributed by atoms with Crippen LogP contribution in [0.5, 0.6) is 0 Å². The van der Waals surface area contributed by atoms with Crippen molar-refractivity contribution in [3.63, 3.8) is 0 Å². The Labute approximate surface area is 131 Å². The third-order valence-corrected chi connectivity index (χ3v) is 4.11. The number of nitrogens with zero attached hydrogens (tertiary/aromatic N) is 1.